The number of carbonyl (C=O) groups excluding carboxylic acids is 1. The van der Waals surface area contributed by atoms with E-state index >= 15 is 0 Å². The van der Waals surface area contributed by atoms with Gasteiger partial charge in [-0.15, -0.1) is 10.2 Å². The van der Waals surface area contributed by atoms with Crippen molar-refractivity contribution in [1.29, 1.82) is 0 Å². The third-order valence-electron chi connectivity index (χ3n) is 6.27. The van der Waals surface area contributed by atoms with Crippen molar-refractivity contribution in [2.45, 2.75) is 46.1 Å². The summed E-state index contributed by atoms with van der Waals surface area (Å²) in [5.41, 5.74) is 5.64. The van der Waals surface area contributed by atoms with Gasteiger partial charge in [-0.25, -0.2) is 0 Å². The van der Waals surface area contributed by atoms with Crippen LogP contribution < -0.4 is 10.2 Å². The molecule has 166 valence electrons. The van der Waals surface area contributed by atoms with Crippen molar-refractivity contribution in [2.75, 3.05) is 18.0 Å². The van der Waals surface area contributed by atoms with Gasteiger partial charge in [0, 0.05) is 31.1 Å². The molecule has 2 aromatic carbocycles. The first kappa shape index (κ1) is 22.0. The molecule has 4 rings (SSSR count). The summed E-state index contributed by atoms with van der Waals surface area (Å²) in [4.78, 5) is 14.9. The number of aryl methyl sites for hydroxylation is 1. The van der Waals surface area contributed by atoms with Crippen LogP contribution in [0.3, 0.4) is 0 Å². The second-order valence-electron chi connectivity index (χ2n) is 9.02. The SMILES string of the molecule is Cc1cccc(-c2ccc(N3CCC(C(=O)NCc4ccc(C(C)C)cc4)CC3)nn2)c1. The van der Waals surface area contributed by atoms with Gasteiger partial charge in [0.2, 0.25) is 5.91 Å². The van der Waals surface area contributed by atoms with Crippen molar-refractivity contribution < 1.29 is 4.79 Å². The highest BCUT2D eigenvalue weighted by Gasteiger charge is 2.25. The monoisotopic (exact) mass is 428 g/mol. The van der Waals surface area contributed by atoms with Crippen LogP contribution in [0.15, 0.2) is 60.7 Å². The Morgan fingerprint density at radius 3 is 2.41 bits per heavy atom. The van der Waals surface area contributed by atoms with Gasteiger partial charge >= 0.3 is 0 Å². The van der Waals surface area contributed by atoms with E-state index in [1.54, 1.807) is 0 Å². The van der Waals surface area contributed by atoms with Crippen LogP contribution in [0.4, 0.5) is 5.82 Å². The Morgan fingerprint density at radius 2 is 1.78 bits per heavy atom. The van der Waals surface area contributed by atoms with Crippen molar-refractivity contribution in [3.63, 3.8) is 0 Å². The van der Waals surface area contributed by atoms with Crippen molar-refractivity contribution in [1.82, 2.24) is 15.5 Å². The standard InChI is InChI=1S/C27H32N4O/c1-19(2)22-9-7-21(8-10-22)18-28-27(32)23-13-15-31(16-14-23)26-12-11-25(29-30-26)24-6-4-5-20(3)17-24/h4-12,17,19,23H,13-16,18H2,1-3H3,(H,28,32). The molecule has 1 aliphatic heterocycles. The minimum Gasteiger partial charge on any atom is -0.355 e. The fourth-order valence-corrected chi connectivity index (χ4v) is 4.18. The predicted molar refractivity (Wildman–Crippen MR) is 130 cm³/mol. The van der Waals surface area contributed by atoms with Crippen LogP contribution in [0.25, 0.3) is 11.3 Å². The molecule has 0 spiro atoms. The van der Waals surface area contributed by atoms with Crippen LogP contribution >= 0.6 is 0 Å². The number of hydrogen-bond donors (Lipinski definition) is 1. The average Bonchev–Trinajstić information content (AvgIpc) is 2.83. The largest absolute Gasteiger partial charge is 0.355 e. The minimum absolute atomic E-state index is 0.0562. The molecular formula is C27H32N4O. The maximum atomic E-state index is 12.7. The molecule has 2 heterocycles. The number of nitrogens with one attached hydrogen (secondary N) is 1. The number of piperidine rings is 1. The number of amides is 1. The Bertz CT molecular complexity index is 1040. The van der Waals surface area contributed by atoms with Crippen molar-refractivity contribution in [3.05, 3.63) is 77.4 Å². The van der Waals surface area contributed by atoms with Crippen molar-refractivity contribution in [3.8, 4) is 11.3 Å². The lowest BCUT2D eigenvalue weighted by Gasteiger charge is -2.31. The molecule has 3 aromatic rings. The summed E-state index contributed by atoms with van der Waals surface area (Å²) in [6.45, 7) is 8.68. The summed E-state index contributed by atoms with van der Waals surface area (Å²) < 4.78 is 0. The zero-order chi connectivity index (χ0) is 22.5. The van der Waals surface area contributed by atoms with E-state index < -0.39 is 0 Å². The van der Waals surface area contributed by atoms with Crippen LogP contribution in [0.2, 0.25) is 0 Å². The van der Waals surface area contributed by atoms with Gasteiger partial charge in [0.05, 0.1) is 5.69 Å². The molecule has 1 aromatic heterocycles. The summed E-state index contributed by atoms with van der Waals surface area (Å²) >= 11 is 0. The number of benzene rings is 2. The van der Waals surface area contributed by atoms with Crippen LogP contribution in [0.1, 0.15) is 49.3 Å². The summed E-state index contributed by atoms with van der Waals surface area (Å²) in [6, 6.07) is 20.9. The average molecular weight is 429 g/mol. The lowest BCUT2D eigenvalue weighted by molar-refractivity contribution is -0.125. The Morgan fingerprint density at radius 1 is 1.03 bits per heavy atom. The molecule has 0 saturated carbocycles. The molecule has 5 heteroatoms. The Labute approximate surface area is 190 Å². The Hall–Kier alpha value is -3.21. The van der Waals surface area contributed by atoms with E-state index in [0.717, 1.165) is 48.6 Å². The number of anilines is 1. The predicted octanol–water partition coefficient (Wildman–Crippen LogP) is 5.11. The number of rotatable bonds is 6. The van der Waals surface area contributed by atoms with Gasteiger partial charge < -0.3 is 10.2 Å². The number of aromatic nitrogens is 2. The van der Waals surface area contributed by atoms with Crippen LogP contribution in [0.5, 0.6) is 0 Å². The molecule has 0 atom stereocenters. The molecule has 1 amide bonds. The van der Waals surface area contributed by atoms with Gasteiger partial charge in [0.25, 0.3) is 0 Å². The fraction of sp³-hybridized carbons (Fsp3) is 0.370. The van der Waals surface area contributed by atoms with Crippen LogP contribution in [-0.4, -0.2) is 29.2 Å². The van der Waals surface area contributed by atoms with Crippen molar-refractivity contribution in [2.24, 2.45) is 5.92 Å². The highest BCUT2D eigenvalue weighted by Crippen LogP contribution is 2.24. The summed E-state index contributed by atoms with van der Waals surface area (Å²) in [6.07, 6.45) is 1.67. The van der Waals surface area contributed by atoms with Crippen molar-refractivity contribution >= 4 is 11.7 Å². The second-order valence-corrected chi connectivity index (χ2v) is 9.02. The van der Waals surface area contributed by atoms with E-state index in [-0.39, 0.29) is 11.8 Å². The molecule has 0 unspecified atom stereocenters. The first-order chi connectivity index (χ1) is 15.5. The Balaban J connectivity index is 1.27. The summed E-state index contributed by atoms with van der Waals surface area (Å²) in [5, 5.41) is 12.0. The van der Waals surface area contributed by atoms with Gasteiger partial charge in [0.15, 0.2) is 5.82 Å². The maximum Gasteiger partial charge on any atom is 0.223 e. The summed E-state index contributed by atoms with van der Waals surface area (Å²) in [7, 11) is 0. The molecule has 0 bridgehead atoms. The van der Waals surface area contributed by atoms with E-state index in [1.807, 2.05) is 18.2 Å². The van der Waals surface area contributed by atoms with Gasteiger partial charge in [-0.1, -0.05) is 61.9 Å². The normalized spacial score (nSPS) is 14.6. The number of nitrogens with zero attached hydrogens (tertiary/aromatic N) is 3. The topological polar surface area (TPSA) is 58.1 Å². The number of carbonyl (C=O) groups is 1. The van der Waals surface area contributed by atoms with Gasteiger partial charge in [-0.05, 0) is 55.0 Å². The zero-order valence-corrected chi connectivity index (χ0v) is 19.2. The second kappa shape index (κ2) is 9.94. The molecule has 1 aliphatic rings. The van der Waals surface area contributed by atoms with E-state index in [9.17, 15) is 4.79 Å². The first-order valence-corrected chi connectivity index (χ1v) is 11.5. The molecule has 32 heavy (non-hydrogen) atoms. The highest BCUT2D eigenvalue weighted by atomic mass is 16.1. The molecule has 5 nitrogen and oxygen atoms in total. The Kier molecular flexibility index (Phi) is 6.84. The lowest BCUT2D eigenvalue weighted by Crippen LogP contribution is -2.40. The minimum atomic E-state index is 0.0562. The van der Waals surface area contributed by atoms with Crippen LogP contribution in [-0.2, 0) is 11.3 Å². The van der Waals surface area contributed by atoms with Gasteiger partial charge in [-0.2, -0.15) is 0 Å². The quantitative estimate of drug-likeness (QED) is 0.593. The van der Waals surface area contributed by atoms with Crippen LogP contribution in [0, 0.1) is 12.8 Å². The number of hydrogen-bond acceptors (Lipinski definition) is 4. The molecule has 0 radical (unpaired) electrons. The molecule has 1 fully saturated rings. The third kappa shape index (κ3) is 5.34. The first-order valence-electron chi connectivity index (χ1n) is 11.5. The highest BCUT2D eigenvalue weighted by molar-refractivity contribution is 5.79. The van der Waals surface area contributed by atoms with E-state index in [4.69, 9.17) is 0 Å². The van der Waals surface area contributed by atoms with Gasteiger partial charge in [-0.3, -0.25) is 4.79 Å². The molecule has 1 N–H and O–H groups in total. The zero-order valence-electron chi connectivity index (χ0n) is 19.2. The van der Waals surface area contributed by atoms with Gasteiger partial charge in [0.1, 0.15) is 0 Å². The fourth-order valence-electron chi connectivity index (χ4n) is 4.18. The molecule has 0 aliphatic carbocycles. The molecule has 1 saturated heterocycles. The molecular weight excluding hydrogens is 396 g/mol. The third-order valence-corrected chi connectivity index (χ3v) is 6.27. The van der Waals surface area contributed by atoms with E-state index in [2.05, 4.69) is 83.6 Å². The maximum absolute atomic E-state index is 12.7. The smallest absolute Gasteiger partial charge is 0.223 e. The van der Waals surface area contributed by atoms with E-state index in [0.29, 0.717) is 12.5 Å². The lowest BCUT2D eigenvalue weighted by atomic mass is 9.95. The van der Waals surface area contributed by atoms with E-state index in [1.165, 1.54) is 11.1 Å². The summed E-state index contributed by atoms with van der Waals surface area (Å²) in [5.74, 6) is 1.61.